The van der Waals surface area contributed by atoms with Crippen LogP contribution in [0, 0.1) is 7.43 Å². The van der Waals surface area contributed by atoms with Crippen LogP contribution < -0.4 is 29.6 Å². The molecule has 0 spiro atoms. The summed E-state index contributed by atoms with van der Waals surface area (Å²) < 4.78 is 33.2. The van der Waals surface area contributed by atoms with Crippen LogP contribution in [0.25, 0.3) is 0 Å². The molecule has 0 radical (unpaired) electrons. The Balaban J connectivity index is -0.00000200. The van der Waals surface area contributed by atoms with Gasteiger partial charge in [0.05, 0.1) is 6.61 Å². The van der Waals surface area contributed by atoms with Gasteiger partial charge in [-0.1, -0.05) is 90.4 Å². The third kappa shape index (κ3) is 28.0. The fourth-order valence-corrected chi connectivity index (χ4v) is 2.79. The minimum absolute atomic E-state index is 0. The summed E-state index contributed by atoms with van der Waals surface area (Å²) in [6.07, 6.45) is 17.6. The summed E-state index contributed by atoms with van der Waals surface area (Å²) in [5.74, 6) is 0. The van der Waals surface area contributed by atoms with E-state index < -0.39 is 10.4 Å². The molecule has 0 bridgehead atoms. The van der Waals surface area contributed by atoms with Crippen LogP contribution in [-0.4, -0.2) is 19.6 Å². The van der Waals surface area contributed by atoms with Crippen molar-refractivity contribution >= 4 is 10.4 Å². The van der Waals surface area contributed by atoms with Gasteiger partial charge in [-0.15, -0.1) is 0 Å². The Morgan fingerprint density at radius 2 is 1.00 bits per heavy atom. The Labute approximate surface area is 167 Å². The number of unbranched alkanes of at least 4 members (excludes halogenated alkanes) is 13. The van der Waals surface area contributed by atoms with E-state index in [2.05, 4.69) is 11.1 Å². The van der Waals surface area contributed by atoms with Crippen LogP contribution >= 0.6 is 0 Å². The molecular weight excluding hydrogens is 323 g/mol. The Morgan fingerprint density at radius 1 is 0.696 bits per heavy atom. The van der Waals surface area contributed by atoms with Crippen molar-refractivity contribution in [2.45, 2.75) is 96.8 Å². The summed E-state index contributed by atoms with van der Waals surface area (Å²) in [6.45, 7) is 2.35. The standard InChI is InChI=1S/C16H34O4S.CH3.Na/c1-2-3-4-5-6-7-8-9-10-11-12-13-14-15-16-20-21(17,18)19;;/h2-16H2,1H3,(H,17,18,19);1H3;/q;-1;+1. The summed E-state index contributed by atoms with van der Waals surface area (Å²) in [5, 5.41) is 0. The summed E-state index contributed by atoms with van der Waals surface area (Å²) in [5.41, 5.74) is 0. The van der Waals surface area contributed by atoms with E-state index in [0.717, 1.165) is 12.8 Å². The van der Waals surface area contributed by atoms with Gasteiger partial charge in [0.1, 0.15) is 0 Å². The molecule has 0 aromatic heterocycles. The number of hydrogen-bond donors (Lipinski definition) is 1. The van der Waals surface area contributed by atoms with Gasteiger partial charge in [-0.3, -0.25) is 4.55 Å². The smallest absolute Gasteiger partial charge is 0.358 e. The second-order valence-electron chi connectivity index (χ2n) is 5.85. The van der Waals surface area contributed by atoms with Crippen LogP contribution in [0.4, 0.5) is 0 Å². The molecule has 0 amide bonds. The number of hydrogen-bond acceptors (Lipinski definition) is 3. The van der Waals surface area contributed by atoms with Crippen LogP contribution in [0.15, 0.2) is 0 Å². The quantitative estimate of drug-likeness (QED) is 0.199. The topological polar surface area (TPSA) is 63.6 Å². The van der Waals surface area contributed by atoms with E-state index >= 15 is 0 Å². The largest absolute Gasteiger partial charge is 1.00 e. The Hall–Kier alpha value is 0.870. The van der Waals surface area contributed by atoms with Crippen molar-refractivity contribution in [2.75, 3.05) is 6.61 Å². The van der Waals surface area contributed by atoms with Crippen LogP contribution in [0.5, 0.6) is 0 Å². The molecule has 0 aliphatic rings. The van der Waals surface area contributed by atoms with Gasteiger partial charge < -0.3 is 7.43 Å². The molecule has 0 heterocycles. The van der Waals surface area contributed by atoms with Crippen molar-refractivity contribution in [1.82, 2.24) is 0 Å². The van der Waals surface area contributed by atoms with Crippen LogP contribution in [0.2, 0.25) is 0 Å². The van der Waals surface area contributed by atoms with Gasteiger partial charge in [0.15, 0.2) is 0 Å². The Morgan fingerprint density at radius 3 is 1.30 bits per heavy atom. The molecule has 0 saturated heterocycles. The number of rotatable bonds is 16. The van der Waals surface area contributed by atoms with Crippen molar-refractivity contribution in [2.24, 2.45) is 0 Å². The first kappa shape index (κ1) is 28.7. The van der Waals surface area contributed by atoms with E-state index in [1.54, 1.807) is 0 Å². The Bertz CT molecular complexity index is 308. The first-order valence-corrected chi connectivity index (χ1v) is 10.0. The SMILES string of the molecule is CCCCCCCCCCCCCCCCOS(=O)(=O)O.[CH3-].[Na+]. The summed E-state index contributed by atoms with van der Waals surface area (Å²) >= 11 is 0. The molecular formula is C17H37NaO4S. The van der Waals surface area contributed by atoms with E-state index in [1.165, 1.54) is 70.6 Å². The molecule has 6 heteroatoms. The summed E-state index contributed by atoms with van der Waals surface area (Å²) in [4.78, 5) is 0. The minimum atomic E-state index is -4.24. The minimum Gasteiger partial charge on any atom is -0.358 e. The van der Waals surface area contributed by atoms with Crippen LogP contribution in [0.3, 0.4) is 0 Å². The molecule has 4 nitrogen and oxygen atoms in total. The maximum atomic E-state index is 10.3. The second kappa shape index (κ2) is 20.9. The Kier molecular flexibility index (Phi) is 26.1. The van der Waals surface area contributed by atoms with Gasteiger partial charge >= 0.3 is 40.0 Å². The van der Waals surface area contributed by atoms with Crippen LogP contribution in [0.1, 0.15) is 96.8 Å². The monoisotopic (exact) mass is 360 g/mol. The first-order chi connectivity index (χ1) is 10.1. The average molecular weight is 361 g/mol. The van der Waals surface area contributed by atoms with Crippen molar-refractivity contribution in [3.8, 4) is 0 Å². The molecule has 0 aromatic rings. The van der Waals surface area contributed by atoms with Crippen LogP contribution in [-0.2, 0) is 14.6 Å². The fraction of sp³-hybridized carbons (Fsp3) is 0.941. The van der Waals surface area contributed by atoms with E-state index in [-0.39, 0.29) is 43.6 Å². The first-order valence-electron chi connectivity index (χ1n) is 8.68. The fourth-order valence-electron chi connectivity index (χ4n) is 2.46. The zero-order valence-corrected chi connectivity index (χ0v) is 18.5. The third-order valence-corrected chi connectivity index (χ3v) is 4.19. The molecule has 23 heavy (non-hydrogen) atoms. The molecule has 0 aliphatic carbocycles. The predicted molar refractivity (Wildman–Crippen MR) is 94.2 cm³/mol. The van der Waals surface area contributed by atoms with E-state index in [1.807, 2.05) is 0 Å². The van der Waals surface area contributed by atoms with E-state index in [4.69, 9.17) is 4.55 Å². The molecule has 0 unspecified atom stereocenters. The molecule has 1 N–H and O–H groups in total. The maximum absolute atomic E-state index is 10.3. The molecule has 136 valence electrons. The normalized spacial score (nSPS) is 10.9. The van der Waals surface area contributed by atoms with Crippen molar-refractivity contribution in [3.05, 3.63) is 7.43 Å². The van der Waals surface area contributed by atoms with E-state index in [9.17, 15) is 8.42 Å². The third-order valence-electron chi connectivity index (χ3n) is 3.73. The molecule has 0 saturated carbocycles. The predicted octanol–water partition coefficient (Wildman–Crippen LogP) is 2.74. The van der Waals surface area contributed by atoms with Gasteiger partial charge in [-0.2, -0.15) is 8.42 Å². The molecule has 0 atom stereocenters. The zero-order chi connectivity index (χ0) is 15.8. The van der Waals surface area contributed by atoms with Gasteiger partial charge in [0.2, 0.25) is 0 Å². The van der Waals surface area contributed by atoms with Crippen molar-refractivity contribution in [1.29, 1.82) is 0 Å². The van der Waals surface area contributed by atoms with Crippen molar-refractivity contribution in [3.63, 3.8) is 0 Å². The van der Waals surface area contributed by atoms with Crippen molar-refractivity contribution < 1.29 is 46.7 Å². The van der Waals surface area contributed by atoms with Gasteiger partial charge in [-0.25, -0.2) is 4.18 Å². The molecule has 0 fully saturated rings. The summed E-state index contributed by atoms with van der Waals surface area (Å²) in [7, 11) is -4.24. The van der Waals surface area contributed by atoms with Gasteiger partial charge in [0, 0.05) is 0 Å². The van der Waals surface area contributed by atoms with E-state index in [0.29, 0.717) is 6.42 Å². The average Bonchev–Trinajstić information content (AvgIpc) is 2.42. The maximum Gasteiger partial charge on any atom is 1.00 e. The summed E-state index contributed by atoms with van der Waals surface area (Å²) in [6, 6.07) is 0. The second-order valence-corrected chi connectivity index (χ2v) is 6.94. The van der Waals surface area contributed by atoms with Gasteiger partial charge in [0.25, 0.3) is 0 Å². The molecule has 0 aliphatic heterocycles. The van der Waals surface area contributed by atoms with Gasteiger partial charge in [-0.05, 0) is 6.42 Å². The molecule has 0 rings (SSSR count). The molecule has 0 aromatic carbocycles. The zero-order valence-electron chi connectivity index (χ0n) is 15.7.